The molecule has 3 heterocycles. The van der Waals surface area contributed by atoms with Gasteiger partial charge in [0.2, 0.25) is 5.88 Å². The fourth-order valence-corrected chi connectivity index (χ4v) is 6.30. The van der Waals surface area contributed by atoms with Crippen molar-refractivity contribution in [1.82, 2.24) is 9.58 Å². The van der Waals surface area contributed by atoms with E-state index in [9.17, 15) is 14.9 Å². The molecule has 1 saturated heterocycles. The highest BCUT2D eigenvalue weighted by atomic mass is 16.4. The summed E-state index contributed by atoms with van der Waals surface area (Å²) >= 11 is 0. The van der Waals surface area contributed by atoms with Crippen LogP contribution >= 0.6 is 0 Å². The first-order valence-electron chi connectivity index (χ1n) is 11.1. The summed E-state index contributed by atoms with van der Waals surface area (Å²) in [7, 11) is 0. The molecule has 1 aliphatic heterocycles. The zero-order valence-corrected chi connectivity index (χ0v) is 18.5. The molecule has 4 aliphatic carbocycles. The predicted molar refractivity (Wildman–Crippen MR) is 116 cm³/mol. The summed E-state index contributed by atoms with van der Waals surface area (Å²) in [5.41, 5.74) is 3.81. The predicted octanol–water partition coefficient (Wildman–Crippen LogP) is 3.56. The molecule has 2 amide bonds. The standard InChI is InChI=1S/C25H24N4O3/c1-11-7-15(13(3)28(11)25-20(9-26)12(2)14(4)32-25)10-27-29-23(30)21-16-5-6-17(19-8-18(16)19)22(21)24(29)31/h5-7,10,16-19,21-22H,8H2,1-4H3/b27-10+. The number of carbonyl (C=O) groups is 2. The normalized spacial score (nSPS) is 32.0. The largest absolute Gasteiger partial charge is 0.443 e. The fourth-order valence-electron chi connectivity index (χ4n) is 6.30. The molecule has 7 rings (SSSR count). The SMILES string of the molecule is Cc1oc(-n2c(C)cc(/C=N/N3C(=O)C4C5C=CC(C6CC56)C4C3=O)c2C)c(C#N)c1C. The fraction of sp³-hybridized carbons (Fsp3) is 0.440. The molecule has 0 N–H and O–H groups in total. The summed E-state index contributed by atoms with van der Waals surface area (Å²) in [6, 6.07) is 4.16. The molecule has 7 nitrogen and oxygen atoms in total. The number of hydrazone groups is 1. The molecule has 2 aromatic heterocycles. The number of allylic oxidation sites excluding steroid dienone is 2. The summed E-state index contributed by atoms with van der Waals surface area (Å²) in [6.07, 6.45) is 7.04. The van der Waals surface area contributed by atoms with Gasteiger partial charge in [-0.05, 0) is 63.9 Å². The molecule has 2 saturated carbocycles. The number of hydrogen-bond acceptors (Lipinski definition) is 5. The van der Waals surface area contributed by atoms with Crippen LogP contribution in [0, 0.1) is 74.5 Å². The second-order valence-electron chi connectivity index (χ2n) is 9.62. The number of hydrogen-bond donors (Lipinski definition) is 0. The molecule has 6 unspecified atom stereocenters. The molecule has 2 bridgehead atoms. The van der Waals surface area contributed by atoms with E-state index in [1.807, 2.05) is 38.3 Å². The van der Waals surface area contributed by atoms with Gasteiger partial charge in [-0.3, -0.25) is 14.2 Å². The van der Waals surface area contributed by atoms with Crippen LogP contribution in [0.1, 0.15) is 40.3 Å². The lowest BCUT2D eigenvalue weighted by Crippen LogP contribution is -2.40. The van der Waals surface area contributed by atoms with Crippen LogP contribution in [0.3, 0.4) is 0 Å². The van der Waals surface area contributed by atoms with Crippen LogP contribution in [0.2, 0.25) is 0 Å². The first-order valence-corrected chi connectivity index (χ1v) is 11.1. The lowest BCUT2D eigenvalue weighted by atomic mass is 9.63. The zero-order valence-electron chi connectivity index (χ0n) is 18.5. The van der Waals surface area contributed by atoms with Crippen LogP contribution in [-0.2, 0) is 9.59 Å². The number of nitrogens with zero attached hydrogens (tertiary/aromatic N) is 4. The Bertz CT molecular complexity index is 1270. The highest BCUT2D eigenvalue weighted by Gasteiger charge is 2.67. The number of aromatic nitrogens is 1. The lowest BCUT2D eigenvalue weighted by molar-refractivity contribution is -0.140. The Labute approximate surface area is 186 Å². The van der Waals surface area contributed by atoms with Crippen LogP contribution in [0.15, 0.2) is 27.7 Å². The van der Waals surface area contributed by atoms with E-state index >= 15 is 0 Å². The van der Waals surface area contributed by atoms with Gasteiger partial charge in [0.15, 0.2) is 0 Å². The average Bonchev–Trinajstić information content (AvgIpc) is 3.43. The van der Waals surface area contributed by atoms with Crippen LogP contribution < -0.4 is 0 Å². The van der Waals surface area contributed by atoms with E-state index in [1.165, 1.54) is 0 Å². The first kappa shape index (κ1) is 19.3. The Hall–Kier alpha value is -3.40. The number of amides is 2. The maximum atomic E-state index is 13.1. The average molecular weight is 428 g/mol. The second-order valence-corrected chi connectivity index (χ2v) is 9.62. The van der Waals surface area contributed by atoms with E-state index in [0.29, 0.717) is 29.0 Å². The highest BCUT2D eigenvalue weighted by Crippen LogP contribution is 2.65. The molecular formula is C25H24N4O3. The molecule has 5 aliphatic rings. The number of imide groups is 1. The Morgan fingerprint density at radius 2 is 1.72 bits per heavy atom. The molecule has 3 fully saturated rings. The monoisotopic (exact) mass is 428 g/mol. The van der Waals surface area contributed by atoms with Crippen LogP contribution in [0.4, 0.5) is 0 Å². The van der Waals surface area contributed by atoms with Crippen molar-refractivity contribution in [3.63, 3.8) is 0 Å². The smallest absolute Gasteiger partial charge is 0.254 e. The Morgan fingerprint density at radius 1 is 1.09 bits per heavy atom. The number of rotatable bonds is 3. The van der Waals surface area contributed by atoms with Crippen LogP contribution in [0.25, 0.3) is 5.88 Å². The number of nitriles is 1. The second kappa shape index (κ2) is 6.32. The van der Waals surface area contributed by atoms with Crippen molar-refractivity contribution >= 4 is 18.0 Å². The third-order valence-electron chi connectivity index (χ3n) is 8.10. The van der Waals surface area contributed by atoms with Crippen molar-refractivity contribution in [2.45, 2.75) is 34.1 Å². The molecule has 0 radical (unpaired) electrons. The third-order valence-corrected chi connectivity index (χ3v) is 8.10. The van der Waals surface area contributed by atoms with Crippen LogP contribution in [-0.4, -0.2) is 27.6 Å². The minimum atomic E-state index is -0.252. The van der Waals surface area contributed by atoms with E-state index in [-0.39, 0.29) is 35.5 Å². The van der Waals surface area contributed by atoms with E-state index in [2.05, 4.69) is 23.3 Å². The molecule has 2 aromatic rings. The molecule has 0 aromatic carbocycles. The molecule has 32 heavy (non-hydrogen) atoms. The Kier molecular flexibility index (Phi) is 3.81. The number of aryl methyl sites for hydroxylation is 2. The van der Waals surface area contributed by atoms with Gasteiger partial charge in [-0.1, -0.05) is 12.2 Å². The van der Waals surface area contributed by atoms with Gasteiger partial charge < -0.3 is 4.42 Å². The number of carbonyl (C=O) groups excluding carboxylic acids is 2. The minimum Gasteiger partial charge on any atom is -0.443 e. The van der Waals surface area contributed by atoms with Gasteiger partial charge >= 0.3 is 0 Å². The third kappa shape index (κ3) is 2.32. The summed E-state index contributed by atoms with van der Waals surface area (Å²) < 4.78 is 7.77. The van der Waals surface area contributed by atoms with E-state index in [4.69, 9.17) is 4.42 Å². The van der Waals surface area contributed by atoms with E-state index in [0.717, 1.165) is 33.9 Å². The van der Waals surface area contributed by atoms with Crippen molar-refractivity contribution in [2.75, 3.05) is 0 Å². The Morgan fingerprint density at radius 3 is 2.31 bits per heavy atom. The van der Waals surface area contributed by atoms with Crippen molar-refractivity contribution in [3.8, 4) is 12.0 Å². The van der Waals surface area contributed by atoms with Gasteiger partial charge in [-0.25, -0.2) is 0 Å². The highest BCUT2D eigenvalue weighted by molar-refractivity contribution is 6.06. The zero-order chi connectivity index (χ0) is 22.5. The van der Waals surface area contributed by atoms with Gasteiger partial charge in [0.05, 0.1) is 18.1 Å². The van der Waals surface area contributed by atoms with Crippen molar-refractivity contribution in [2.24, 2.45) is 40.6 Å². The molecule has 6 atom stereocenters. The van der Waals surface area contributed by atoms with E-state index < -0.39 is 0 Å². The molecule has 0 spiro atoms. The van der Waals surface area contributed by atoms with Crippen molar-refractivity contribution in [1.29, 1.82) is 5.26 Å². The van der Waals surface area contributed by atoms with Crippen molar-refractivity contribution < 1.29 is 14.0 Å². The van der Waals surface area contributed by atoms with Gasteiger partial charge in [0.1, 0.15) is 17.4 Å². The summed E-state index contributed by atoms with van der Waals surface area (Å²) in [4.78, 5) is 26.3. The molecule has 7 heteroatoms. The van der Waals surface area contributed by atoms with Crippen molar-refractivity contribution in [3.05, 3.63) is 52.1 Å². The van der Waals surface area contributed by atoms with Crippen LogP contribution in [0.5, 0.6) is 0 Å². The Balaban J connectivity index is 1.33. The van der Waals surface area contributed by atoms with Gasteiger partial charge in [0, 0.05) is 22.5 Å². The maximum Gasteiger partial charge on any atom is 0.254 e. The van der Waals surface area contributed by atoms with Gasteiger partial charge in [-0.15, -0.1) is 0 Å². The molecule has 162 valence electrons. The van der Waals surface area contributed by atoms with Gasteiger partial charge in [-0.2, -0.15) is 15.4 Å². The first-order chi connectivity index (χ1) is 15.3. The topological polar surface area (TPSA) is 91.6 Å². The van der Waals surface area contributed by atoms with E-state index in [1.54, 1.807) is 6.21 Å². The maximum absolute atomic E-state index is 13.1. The lowest BCUT2D eigenvalue weighted by Gasteiger charge is -2.37. The summed E-state index contributed by atoms with van der Waals surface area (Å²) in [5, 5.41) is 15.1. The number of furan rings is 1. The van der Waals surface area contributed by atoms with Gasteiger partial charge in [0.25, 0.3) is 11.8 Å². The summed E-state index contributed by atoms with van der Waals surface area (Å²) in [6.45, 7) is 7.54. The quantitative estimate of drug-likeness (QED) is 0.425. The summed E-state index contributed by atoms with van der Waals surface area (Å²) in [5.74, 6) is 1.86. The minimum absolute atomic E-state index is 0.168. The molecular weight excluding hydrogens is 404 g/mol.